The van der Waals surface area contributed by atoms with Crippen molar-refractivity contribution in [2.45, 2.75) is 25.7 Å². The van der Waals surface area contributed by atoms with Crippen molar-refractivity contribution < 1.29 is 18.1 Å². The number of rotatable bonds is 4. The number of anilines is 1. The zero-order chi connectivity index (χ0) is 19.0. The standard InChI is InChI=1S/C20H17F2N3O2/c1-2-12-3-6-15(7-4-12)25-11-13(9-18(25)26)19-23-20(27-24-19)16-10-14(21)5-8-17(16)22/h3-8,10,13H,2,9,11H2,1H3/t13-/m0/s1. The third kappa shape index (κ3) is 3.32. The van der Waals surface area contributed by atoms with Gasteiger partial charge in [0.25, 0.3) is 5.89 Å². The Kier molecular flexibility index (Phi) is 4.43. The van der Waals surface area contributed by atoms with Crippen molar-refractivity contribution in [3.8, 4) is 11.5 Å². The quantitative estimate of drug-likeness (QED) is 0.695. The zero-order valence-corrected chi connectivity index (χ0v) is 14.7. The van der Waals surface area contributed by atoms with Crippen molar-refractivity contribution in [1.29, 1.82) is 0 Å². The van der Waals surface area contributed by atoms with Crippen LogP contribution < -0.4 is 4.90 Å². The molecule has 2 heterocycles. The maximum absolute atomic E-state index is 13.9. The fraction of sp³-hybridized carbons (Fsp3) is 0.250. The predicted octanol–water partition coefficient (Wildman–Crippen LogP) is 4.10. The van der Waals surface area contributed by atoms with Gasteiger partial charge in [-0.05, 0) is 42.3 Å². The maximum Gasteiger partial charge on any atom is 0.261 e. The molecule has 1 fully saturated rings. The van der Waals surface area contributed by atoms with Gasteiger partial charge in [0.1, 0.15) is 11.6 Å². The van der Waals surface area contributed by atoms with Crippen LogP contribution in [0.25, 0.3) is 11.5 Å². The number of benzene rings is 2. The summed E-state index contributed by atoms with van der Waals surface area (Å²) in [5.74, 6) is -1.32. The predicted molar refractivity (Wildman–Crippen MR) is 95.2 cm³/mol. The van der Waals surface area contributed by atoms with E-state index in [0.29, 0.717) is 12.4 Å². The van der Waals surface area contributed by atoms with Gasteiger partial charge in [0.05, 0.1) is 5.56 Å². The molecule has 5 nitrogen and oxygen atoms in total. The molecule has 0 aliphatic carbocycles. The molecule has 0 N–H and O–H groups in total. The molecule has 1 atom stereocenters. The van der Waals surface area contributed by atoms with Crippen LogP contribution in [0, 0.1) is 11.6 Å². The number of aromatic nitrogens is 2. The summed E-state index contributed by atoms with van der Waals surface area (Å²) in [7, 11) is 0. The van der Waals surface area contributed by atoms with Crippen molar-refractivity contribution in [3.05, 3.63) is 65.5 Å². The summed E-state index contributed by atoms with van der Waals surface area (Å²) in [4.78, 5) is 18.3. The lowest BCUT2D eigenvalue weighted by molar-refractivity contribution is -0.117. The Hall–Kier alpha value is -3.09. The molecule has 1 aromatic heterocycles. The van der Waals surface area contributed by atoms with Gasteiger partial charge in [0.15, 0.2) is 5.82 Å². The number of amides is 1. The van der Waals surface area contributed by atoms with E-state index in [2.05, 4.69) is 17.1 Å². The van der Waals surface area contributed by atoms with E-state index in [1.807, 2.05) is 24.3 Å². The second-order valence-electron chi connectivity index (χ2n) is 6.51. The largest absolute Gasteiger partial charge is 0.334 e. The summed E-state index contributed by atoms with van der Waals surface area (Å²) in [6.07, 6.45) is 1.17. The fourth-order valence-corrected chi connectivity index (χ4v) is 3.21. The molecule has 0 radical (unpaired) electrons. The van der Waals surface area contributed by atoms with E-state index in [1.54, 1.807) is 4.90 Å². The summed E-state index contributed by atoms with van der Waals surface area (Å²) >= 11 is 0. The van der Waals surface area contributed by atoms with E-state index in [1.165, 1.54) is 5.56 Å². The molecule has 1 aliphatic rings. The van der Waals surface area contributed by atoms with E-state index in [0.717, 1.165) is 30.3 Å². The second-order valence-corrected chi connectivity index (χ2v) is 6.51. The van der Waals surface area contributed by atoms with Crippen LogP contribution in [0.15, 0.2) is 47.0 Å². The summed E-state index contributed by atoms with van der Waals surface area (Å²) < 4.78 is 32.4. The van der Waals surface area contributed by atoms with E-state index < -0.39 is 11.6 Å². The van der Waals surface area contributed by atoms with Gasteiger partial charge < -0.3 is 9.42 Å². The first-order chi connectivity index (χ1) is 13.0. The average Bonchev–Trinajstić information content (AvgIpc) is 3.31. The number of hydrogen-bond acceptors (Lipinski definition) is 4. The minimum atomic E-state index is -0.647. The minimum absolute atomic E-state index is 0.0347. The van der Waals surface area contributed by atoms with Gasteiger partial charge in [-0.1, -0.05) is 24.2 Å². The number of carbonyl (C=O) groups is 1. The van der Waals surface area contributed by atoms with Gasteiger partial charge in [0, 0.05) is 24.6 Å². The first kappa shape index (κ1) is 17.3. The van der Waals surface area contributed by atoms with Crippen molar-refractivity contribution in [1.82, 2.24) is 10.1 Å². The number of aryl methyl sites for hydroxylation is 1. The Morgan fingerprint density at radius 1 is 1.19 bits per heavy atom. The van der Waals surface area contributed by atoms with Crippen LogP contribution in [-0.2, 0) is 11.2 Å². The van der Waals surface area contributed by atoms with E-state index in [-0.39, 0.29) is 29.7 Å². The van der Waals surface area contributed by atoms with Crippen LogP contribution in [-0.4, -0.2) is 22.6 Å². The Labute approximate surface area is 154 Å². The number of halogens is 2. The van der Waals surface area contributed by atoms with Gasteiger partial charge in [-0.2, -0.15) is 4.98 Å². The highest BCUT2D eigenvalue weighted by molar-refractivity contribution is 5.96. The molecule has 0 saturated carbocycles. The SMILES string of the molecule is CCc1ccc(N2C[C@@H](c3noc(-c4cc(F)ccc4F)n3)CC2=O)cc1. The van der Waals surface area contributed by atoms with E-state index >= 15 is 0 Å². The van der Waals surface area contributed by atoms with Crippen LogP contribution in [0.4, 0.5) is 14.5 Å². The first-order valence-electron chi connectivity index (χ1n) is 8.73. The van der Waals surface area contributed by atoms with Crippen molar-refractivity contribution in [2.24, 2.45) is 0 Å². The third-order valence-corrected chi connectivity index (χ3v) is 4.75. The van der Waals surface area contributed by atoms with Gasteiger partial charge in [-0.3, -0.25) is 4.79 Å². The summed E-state index contributed by atoms with van der Waals surface area (Å²) in [5.41, 5.74) is 1.92. The third-order valence-electron chi connectivity index (χ3n) is 4.75. The Morgan fingerprint density at radius 2 is 1.96 bits per heavy atom. The Bertz CT molecular complexity index is 985. The van der Waals surface area contributed by atoms with E-state index in [9.17, 15) is 13.6 Å². The average molecular weight is 369 g/mol. The van der Waals surface area contributed by atoms with Crippen LogP contribution in [0.2, 0.25) is 0 Å². The van der Waals surface area contributed by atoms with E-state index in [4.69, 9.17) is 4.52 Å². The van der Waals surface area contributed by atoms with Gasteiger partial charge in [-0.15, -0.1) is 0 Å². The van der Waals surface area contributed by atoms with Crippen molar-refractivity contribution in [2.75, 3.05) is 11.4 Å². The first-order valence-corrected chi connectivity index (χ1v) is 8.73. The van der Waals surface area contributed by atoms with Crippen molar-refractivity contribution >= 4 is 11.6 Å². The molecule has 2 aromatic carbocycles. The second kappa shape index (κ2) is 6.90. The Balaban J connectivity index is 1.56. The number of carbonyl (C=O) groups excluding carboxylic acids is 1. The van der Waals surface area contributed by atoms with Gasteiger partial charge >= 0.3 is 0 Å². The van der Waals surface area contributed by atoms with Crippen LogP contribution >= 0.6 is 0 Å². The molecule has 3 aromatic rings. The number of nitrogens with zero attached hydrogens (tertiary/aromatic N) is 3. The summed E-state index contributed by atoms with van der Waals surface area (Å²) in [5, 5.41) is 3.88. The van der Waals surface area contributed by atoms with Gasteiger partial charge in [0.2, 0.25) is 5.91 Å². The fourth-order valence-electron chi connectivity index (χ4n) is 3.21. The van der Waals surface area contributed by atoms with Gasteiger partial charge in [-0.25, -0.2) is 8.78 Å². The molecular weight excluding hydrogens is 352 g/mol. The smallest absolute Gasteiger partial charge is 0.261 e. The minimum Gasteiger partial charge on any atom is -0.334 e. The molecule has 4 rings (SSSR count). The maximum atomic E-state index is 13.9. The van der Waals surface area contributed by atoms with Crippen molar-refractivity contribution in [3.63, 3.8) is 0 Å². The summed E-state index contributed by atoms with van der Waals surface area (Å²) in [6, 6.07) is 10.9. The normalized spacial score (nSPS) is 16.9. The molecule has 0 unspecified atom stereocenters. The molecule has 27 heavy (non-hydrogen) atoms. The molecule has 1 aliphatic heterocycles. The van der Waals surface area contributed by atoms with Crippen LogP contribution in [0.5, 0.6) is 0 Å². The Morgan fingerprint density at radius 3 is 2.70 bits per heavy atom. The molecule has 1 saturated heterocycles. The highest BCUT2D eigenvalue weighted by Crippen LogP contribution is 2.32. The molecule has 7 heteroatoms. The highest BCUT2D eigenvalue weighted by Gasteiger charge is 2.34. The molecule has 0 bridgehead atoms. The monoisotopic (exact) mass is 369 g/mol. The molecule has 138 valence electrons. The topological polar surface area (TPSA) is 59.2 Å². The zero-order valence-electron chi connectivity index (χ0n) is 14.7. The number of hydrogen-bond donors (Lipinski definition) is 0. The molecular formula is C20H17F2N3O2. The van der Waals surface area contributed by atoms with Crippen LogP contribution in [0.3, 0.4) is 0 Å². The summed E-state index contributed by atoms with van der Waals surface area (Å²) in [6.45, 7) is 2.48. The van der Waals surface area contributed by atoms with Crippen LogP contribution in [0.1, 0.15) is 30.7 Å². The lowest BCUT2D eigenvalue weighted by atomic mass is 10.1. The molecule has 0 spiro atoms. The lowest BCUT2D eigenvalue weighted by Gasteiger charge is -2.16. The molecule has 1 amide bonds. The lowest BCUT2D eigenvalue weighted by Crippen LogP contribution is -2.24. The highest BCUT2D eigenvalue weighted by atomic mass is 19.1.